The molecule has 1 rings (SSSR count). The van der Waals surface area contributed by atoms with Crippen LogP contribution in [0.5, 0.6) is 11.5 Å². The number of benzene rings is 1. The van der Waals surface area contributed by atoms with E-state index in [2.05, 4.69) is 17.6 Å². The summed E-state index contributed by atoms with van der Waals surface area (Å²) in [4.78, 5) is 11.5. The van der Waals surface area contributed by atoms with Crippen LogP contribution in [-0.2, 0) is 4.79 Å². The lowest BCUT2D eigenvalue weighted by molar-refractivity contribution is -0.121. The van der Waals surface area contributed by atoms with E-state index in [4.69, 9.17) is 9.47 Å². The van der Waals surface area contributed by atoms with E-state index in [0.717, 1.165) is 31.0 Å². The minimum absolute atomic E-state index is 0. The highest BCUT2D eigenvalue weighted by molar-refractivity contribution is 5.85. The number of halogens is 1. The van der Waals surface area contributed by atoms with Gasteiger partial charge < -0.3 is 20.1 Å². The van der Waals surface area contributed by atoms with E-state index in [-0.39, 0.29) is 18.3 Å². The average molecular weight is 317 g/mol. The summed E-state index contributed by atoms with van der Waals surface area (Å²) in [7, 11) is 1.62. The normalized spacial score (nSPS) is 9.62. The fourth-order valence-electron chi connectivity index (χ4n) is 1.61. The Balaban J connectivity index is 0.00000400. The van der Waals surface area contributed by atoms with E-state index in [1.165, 1.54) is 0 Å². The van der Waals surface area contributed by atoms with Gasteiger partial charge in [-0.1, -0.05) is 6.92 Å². The summed E-state index contributed by atoms with van der Waals surface area (Å²) in [5.41, 5.74) is 0. The molecule has 0 aliphatic carbocycles. The van der Waals surface area contributed by atoms with Crippen LogP contribution in [0.3, 0.4) is 0 Å². The van der Waals surface area contributed by atoms with Gasteiger partial charge in [0.05, 0.1) is 20.1 Å². The van der Waals surface area contributed by atoms with Crippen molar-refractivity contribution >= 4 is 18.3 Å². The van der Waals surface area contributed by atoms with Crippen LogP contribution in [0.2, 0.25) is 0 Å². The number of carbonyl (C=O) groups is 1. The summed E-state index contributed by atoms with van der Waals surface area (Å²) in [5, 5.41) is 6.07. The fraction of sp³-hybridized carbons (Fsp3) is 0.533. The Morgan fingerprint density at radius 2 is 1.76 bits per heavy atom. The van der Waals surface area contributed by atoms with Crippen LogP contribution in [0.25, 0.3) is 0 Å². The van der Waals surface area contributed by atoms with Crippen LogP contribution in [0, 0.1) is 0 Å². The molecule has 5 nitrogen and oxygen atoms in total. The van der Waals surface area contributed by atoms with Gasteiger partial charge in [0.25, 0.3) is 0 Å². The predicted molar refractivity (Wildman–Crippen MR) is 86.5 cm³/mol. The lowest BCUT2D eigenvalue weighted by Crippen LogP contribution is -2.32. The number of rotatable bonds is 10. The Hall–Kier alpha value is -1.46. The molecule has 1 aromatic rings. The van der Waals surface area contributed by atoms with Crippen LogP contribution < -0.4 is 20.1 Å². The third-order valence-electron chi connectivity index (χ3n) is 2.71. The minimum Gasteiger partial charge on any atom is -0.497 e. The van der Waals surface area contributed by atoms with Crippen molar-refractivity contribution in [1.82, 2.24) is 10.6 Å². The van der Waals surface area contributed by atoms with E-state index < -0.39 is 0 Å². The van der Waals surface area contributed by atoms with Crippen LogP contribution >= 0.6 is 12.4 Å². The molecular formula is C15H25ClN2O3. The van der Waals surface area contributed by atoms with Crippen molar-refractivity contribution in [2.75, 3.05) is 33.4 Å². The Morgan fingerprint density at radius 1 is 1.10 bits per heavy atom. The van der Waals surface area contributed by atoms with Gasteiger partial charge in [-0.15, -0.1) is 12.4 Å². The summed E-state index contributed by atoms with van der Waals surface area (Å²) in [6.45, 7) is 4.93. The van der Waals surface area contributed by atoms with Gasteiger partial charge in [0.1, 0.15) is 11.5 Å². The van der Waals surface area contributed by atoms with Crippen molar-refractivity contribution in [3.63, 3.8) is 0 Å². The van der Waals surface area contributed by atoms with Crippen LogP contribution in [0.15, 0.2) is 24.3 Å². The fourth-order valence-corrected chi connectivity index (χ4v) is 1.61. The number of carbonyl (C=O) groups excluding carboxylic acids is 1. The SMILES string of the molecule is CCCNCCNC(=O)CCOc1ccc(OC)cc1.Cl. The first kappa shape index (κ1) is 19.5. The van der Waals surface area contributed by atoms with Crippen molar-refractivity contribution in [2.24, 2.45) is 0 Å². The molecule has 21 heavy (non-hydrogen) atoms. The van der Waals surface area contributed by atoms with E-state index >= 15 is 0 Å². The van der Waals surface area contributed by atoms with Gasteiger partial charge in [0.2, 0.25) is 5.91 Å². The smallest absolute Gasteiger partial charge is 0.223 e. The van der Waals surface area contributed by atoms with Crippen molar-refractivity contribution in [3.8, 4) is 11.5 Å². The van der Waals surface area contributed by atoms with Crippen molar-refractivity contribution in [1.29, 1.82) is 0 Å². The number of ether oxygens (including phenoxy) is 2. The molecule has 0 radical (unpaired) electrons. The summed E-state index contributed by atoms with van der Waals surface area (Å²) in [5.74, 6) is 1.54. The molecule has 0 fully saturated rings. The minimum atomic E-state index is 0. The Bertz CT molecular complexity index is 385. The largest absolute Gasteiger partial charge is 0.497 e. The number of hydrogen-bond acceptors (Lipinski definition) is 4. The maximum atomic E-state index is 11.5. The van der Waals surface area contributed by atoms with Gasteiger partial charge in [-0.05, 0) is 37.2 Å². The molecule has 1 amide bonds. The topological polar surface area (TPSA) is 59.6 Å². The molecule has 0 saturated heterocycles. The van der Waals surface area contributed by atoms with E-state index in [9.17, 15) is 4.79 Å². The van der Waals surface area contributed by atoms with Gasteiger partial charge in [-0.25, -0.2) is 0 Å². The molecule has 0 bridgehead atoms. The van der Waals surface area contributed by atoms with Gasteiger partial charge in [0.15, 0.2) is 0 Å². The van der Waals surface area contributed by atoms with E-state index in [0.29, 0.717) is 19.6 Å². The molecule has 2 N–H and O–H groups in total. The van der Waals surface area contributed by atoms with Crippen molar-refractivity contribution in [3.05, 3.63) is 24.3 Å². The molecule has 0 atom stereocenters. The summed E-state index contributed by atoms with van der Waals surface area (Å²) >= 11 is 0. The highest BCUT2D eigenvalue weighted by Crippen LogP contribution is 2.16. The maximum absolute atomic E-state index is 11.5. The Labute approximate surface area is 132 Å². The number of methoxy groups -OCH3 is 1. The van der Waals surface area contributed by atoms with Gasteiger partial charge in [-0.3, -0.25) is 4.79 Å². The van der Waals surface area contributed by atoms with E-state index in [1.54, 1.807) is 7.11 Å². The Kier molecular flexibility index (Phi) is 11.4. The zero-order chi connectivity index (χ0) is 14.6. The zero-order valence-corrected chi connectivity index (χ0v) is 13.5. The molecule has 0 heterocycles. The predicted octanol–water partition coefficient (Wildman–Crippen LogP) is 2.00. The van der Waals surface area contributed by atoms with Gasteiger partial charge in [0, 0.05) is 13.1 Å². The summed E-state index contributed by atoms with van der Waals surface area (Å²) in [6.07, 6.45) is 1.46. The second kappa shape index (κ2) is 12.3. The second-order valence-corrected chi connectivity index (χ2v) is 4.37. The number of hydrogen-bond donors (Lipinski definition) is 2. The molecule has 6 heteroatoms. The van der Waals surface area contributed by atoms with Gasteiger partial charge >= 0.3 is 0 Å². The van der Waals surface area contributed by atoms with E-state index in [1.807, 2.05) is 24.3 Å². The maximum Gasteiger partial charge on any atom is 0.223 e. The molecule has 0 spiro atoms. The number of amides is 1. The van der Waals surface area contributed by atoms with Crippen molar-refractivity contribution in [2.45, 2.75) is 19.8 Å². The molecule has 1 aromatic carbocycles. The average Bonchev–Trinajstić information content (AvgIpc) is 2.48. The molecule has 120 valence electrons. The quantitative estimate of drug-likeness (QED) is 0.648. The van der Waals surface area contributed by atoms with Crippen LogP contribution in [0.4, 0.5) is 0 Å². The van der Waals surface area contributed by atoms with Crippen molar-refractivity contribution < 1.29 is 14.3 Å². The highest BCUT2D eigenvalue weighted by Gasteiger charge is 2.01. The molecule has 0 saturated carbocycles. The summed E-state index contributed by atoms with van der Waals surface area (Å²) < 4.78 is 10.5. The zero-order valence-electron chi connectivity index (χ0n) is 12.7. The third kappa shape index (κ3) is 9.15. The monoisotopic (exact) mass is 316 g/mol. The Morgan fingerprint density at radius 3 is 2.38 bits per heavy atom. The molecule has 0 aromatic heterocycles. The highest BCUT2D eigenvalue weighted by atomic mass is 35.5. The van der Waals surface area contributed by atoms with Crippen LogP contribution in [0.1, 0.15) is 19.8 Å². The van der Waals surface area contributed by atoms with Crippen LogP contribution in [-0.4, -0.2) is 39.3 Å². The first-order valence-electron chi connectivity index (χ1n) is 7.00. The molecule has 0 unspecified atom stereocenters. The standard InChI is InChI=1S/C15H24N2O3.ClH/c1-3-9-16-10-11-17-15(18)8-12-20-14-6-4-13(19-2)5-7-14;/h4-7,16H,3,8-12H2,1-2H3,(H,17,18);1H. The number of nitrogens with one attached hydrogen (secondary N) is 2. The first-order chi connectivity index (χ1) is 9.76. The molecule has 0 aliphatic rings. The lowest BCUT2D eigenvalue weighted by Gasteiger charge is -2.08. The summed E-state index contributed by atoms with van der Waals surface area (Å²) in [6, 6.07) is 7.31. The molecular weight excluding hydrogens is 292 g/mol. The lowest BCUT2D eigenvalue weighted by atomic mass is 10.3. The second-order valence-electron chi connectivity index (χ2n) is 4.37. The third-order valence-corrected chi connectivity index (χ3v) is 2.71. The van der Waals surface area contributed by atoms with Gasteiger partial charge in [-0.2, -0.15) is 0 Å². The first-order valence-corrected chi connectivity index (χ1v) is 7.00. The molecule has 0 aliphatic heterocycles.